The first kappa shape index (κ1) is 13.2. The van der Waals surface area contributed by atoms with Gasteiger partial charge in [-0.15, -0.1) is 0 Å². The lowest BCUT2D eigenvalue weighted by molar-refractivity contribution is 0.445. The van der Waals surface area contributed by atoms with Crippen LogP contribution in [0.4, 0.5) is 0 Å². The first-order valence-electron chi connectivity index (χ1n) is 6.58. The Morgan fingerprint density at radius 3 is 2.69 bits per heavy atom. The van der Waals surface area contributed by atoms with Crippen molar-refractivity contribution < 1.29 is 0 Å². The second kappa shape index (κ2) is 7.44. The molecule has 1 rings (SSSR count). The maximum Gasteiger partial charge on any atom is 0.0553 e. The molecule has 92 valence electrons. The first-order valence-corrected chi connectivity index (χ1v) is 6.58. The van der Waals surface area contributed by atoms with Crippen LogP contribution in [0.25, 0.3) is 0 Å². The highest BCUT2D eigenvalue weighted by Gasteiger charge is 2.13. The fraction of sp³-hybridized carbons (Fsp3) is 0.769. The molecule has 0 aliphatic rings. The van der Waals surface area contributed by atoms with Crippen LogP contribution in [0.2, 0.25) is 0 Å². The molecule has 1 aromatic rings. The second-order valence-corrected chi connectivity index (χ2v) is 4.27. The third kappa shape index (κ3) is 3.63. The summed E-state index contributed by atoms with van der Waals surface area (Å²) in [6, 6.07) is 2.62. The molecule has 1 aromatic heterocycles. The van der Waals surface area contributed by atoms with Crippen LogP contribution < -0.4 is 5.32 Å². The number of aromatic nitrogens is 2. The van der Waals surface area contributed by atoms with E-state index in [1.165, 1.54) is 25.0 Å². The van der Waals surface area contributed by atoms with Crippen LogP contribution >= 0.6 is 0 Å². The fourth-order valence-corrected chi connectivity index (χ4v) is 2.00. The van der Waals surface area contributed by atoms with Gasteiger partial charge in [0.2, 0.25) is 0 Å². The molecular weight excluding hydrogens is 198 g/mol. The highest BCUT2D eigenvalue weighted by atomic mass is 15.3. The van der Waals surface area contributed by atoms with Gasteiger partial charge >= 0.3 is 0 Å². The Labute approximate surface area is 99.2 Å². The summed E-state index contributed by atoms with van der Waals surface area (Å²) >= 11 is 0. The van der Waals surface area contributed by atoms with E-state index in [2.05, 4.69) is 41.9 Å². The molecule has 0 spiro atoms. The van der Waals surface area contributed by atoms with E-state index < -0.39 is 0 Å². The number of hydrogen-bond donors (Lipinski definition) is 1. The van der Waals surface area contributed by atoms with E-state index in [4.69, 9.17) is 0 Å². The predicted molar refractivity (Wildman–Crippen MR) is 68.5 cm³/mol. The standard InChI is InChI=1S/C13H25N3/c1-4-7-12(14-9-5-2)13-8-10-15-16(13)11-6-3/h8,10,12,14H,4-7,9,11H2,1-3H3. The summed E-state index contributed by atoms with van der Waals surface area (Å²) in [6.45, 7) is 8.75. The molecule has 0 aromatic carbocycles. The molecule has 1 N–H and O–H groups in total. The Morgan fingerprint density at radius 1 is 1.25 bits per heavy atom. The zero-order valence-electron chi connectivity index (χ0n) is 10.9. The van der Waals surface area contributed by atoms with E-state index in [-0.39, 0.29) is 0 Å². The van der Waals surface area contributed by atoms with Crippen LogP contribution in [0.3, 0.4) is 0 Å². The largest absolute Gasteiger partial charge is 0.309 e. The predicted octanol–water partition coefficient (Wildman–Crippen LogP) is 3.13. The van der Waals surface area contributed by atoms with Crippen molar-refractivity contribution in [3.8, 4) is 0 Å². The quantitative estimate of drug-likeness (QED) is 0.734. The Balaban J connectivity index is 2.70. The van der Waals surface area contributed by atoms with Crippen molar-refractivity contribution in [3.63, 3.8) is 0 Å². The van der Waals surface area contributed by atoms with Gasteiger partial charge in [0.25, 0.3) is 0 Å². The number of aryl methyl sites for hydroxylation is 1. The molecule has 0 saturated carbocycles. The molecule has 0 bridgehead atoms. The van der Waals surface area contributed by atoms with Crippen molar-refractivity contribution in [2.75, 3.05) is 6.54 Å². The summed E-state index contributed by atoms with van der Waals surface area (Å²) in [4.78, 5) is 0. The van der Waals surface area contributed by atoms with Gasteiger partial charge in [0.15, 0.2) is 0 Å². The Hall–Kier alpha value is -0.830. The number of rotatable bonds is 8. The molecule has 0 saturated heterocycles. The molecule has 0 amide bonds. The minimum absolute atomic E-state index is 0.471. The van der Waals surface area contributed by atoms with E-state index in [9.17, 15) is 0 Å². The molecule has 3 nitrogen and oxygen atoms in total. The Morgan fingerprint density at radius 2 is 2.06 bits per heavy atom. The monoisotopic (exact) mass is 223 g/mol. The van der Waals surface area contributed by atoms with Crippen molar-refractivity contribution >= 4 is 0 Å². The third-order valence-electron chi connectivity index (χ3n) is 2.76. The van der Waals surface area contributed by atoms with Crippen LogP contribution in [-0.2, 0) is 6.54 Å². The van der Waals surface area contributed by atoms with Crippen LogP contribution in [0.1, 0.15) is 58.2 Å². The van der Waals surface area contributed by atoms with Crippen LogP contribution in [0.5, 0.6) is 0 Å². The van der Waals surface area contributed by atoms with Crippen molar-refractivity contribution in [1.82, 2.24) is 15.1 Å². The molecule has 1 heterocycles. The molecule has 1 unspecified atom stereocenters. The van der Waals surface area contributed by atoms with Gasteiger partial charge in [0.05, 0.1) is 5.69 Å². The van der Waals surface area contributed by atoms with E-state index in [0.29, 0.717) is 6.04 Å². The van der Waals surface area contributed by atoms with Crippen LogP contribution in [-0.4, -0.2) is 16.3 Å². The summed E-state index contributed by atoms with van der Waals surface area (Å²) in [6.07, 6.45) is 6.64. The normalized spacial score (nSPS) is 12.9. The van der Waals surface area contributed by atoms with Gasteiger partial charge in [-0.3, -0.25) is 4.68 Å². The molecular formula is C13H25N3. The first-order chi connectivity index (χ1) is 7.83. The van der Waals surface area contributed by atoms with Gasteiger partial charge in [-0.05, 0) is 31.9 Å². The zero-order chi connectivity index (χ0) is 11.8. The minimum atomic E-state index is 0.471. The van der Waals surface area contributed by atoms with Gasteiger partial charge in [-0.1, -0.05) is 27.2 Å². The summed E-state index contributed by atoms with van der Waals surface area (Å²) in [5.41, 5.74) is 1.34. The van der Waals surface area contributed by atoms with Gasteiger partial charge in [0, 0.05) is 18.8 Å². The molecule has 0 aliphatic carbocycles. The molecule has 0 fully saturated rings. The lowest BCUT2D eigenvalue weighted by Crippen LogP contribution is -2.24. The number of hydrogen-bond acceptors (Lipinski definition) is 2. The van der Waals surface area contributed by atoms with Gasteiger partial charge in [0.1, 0.15) is 0 Å². The summed E-state index contributed by atoms with van der Waals surface area (Å²) < 4.78 is 2.14. The second-order valence-electron chi connectivity index (χ2n) is 4.27. The molecule has 3 heteroatoms. The molecule has 0 aliphatic heterocycles. The highest BCUT2D eigenvalue weighted by Crippen LogP contribution is 2.18. The van der Waals surface area contributed by atoms with Crippen molar-refractivity contribution in [1.29, 1.82) is 0 Å². The average Bonchev–Trinajstić information content (AvgIpc) is 2.73. The SMILES string of the molecule is CCCNC(CCC)c1ccnn1CCC. The van der Waals surface area contributed by atoms with Crippen molar-refractivity contribution in [2.45, 2.75) is 59.0 Å². The van der Waals surface area contributed by atoms with Crippen molar-refractivity contribution in [3.05, 3.63) is 18.0 Å². The Bertz CT molecular complexity index is 280. The topological polar surface area (TPSA) is 29.9 Å². The van der Waals surface area contributed by atoms with Gasteiger partial charge in [-0.2, -0.15) is 5.10 Å². The zero-order valence-corrected chi connectivity index (χ0v) is 10.9. The minimum Gasteiger partial charge on any atom is -0.309 e. The summed E-state index contributed by atoms with van der Waals surface area (Å²) in [5, 5.41) is 8.00. The van der Waals surface area contributed by atoms with Crippen molar-refractivity contribution in [2.24, 2.45) is 0 Å². The maximum absolute atomic E-state index is 4.39. The Kier molecular flexibility index (Phi) is 6.16. The maximum atomic E-state index is 4.39. The average molecular weight is 223 g/mol. The lowest BCUT2D eigenvalue weighted by Gasteiger charge is -2.19. The molecule has 0 radical (unpaired) electrons. The van der Waals surface area contributed by atoms with E-state index in [1.807, 2.05) is 6.20 Å². The highest BCUT2D eigenvalue weighted by molar-refractivity contribution is 5.07. The van der Waals surface area contributed by atoms with Gasteiger partial charge in [-0.25, -0.2) is 0 Å². The summed E-state index contributed by atoms with van der Waals surface area (Å²) in [7, 11) is 0. The number of nitrogens with one attached hydrogen (secondary N) is 1. The smallest absolute Gasteiger partial charge is 0.0553 e. The van der Waals surface area contributed by atoms with Crippen LogP contribution in [0.15, 0.2) is 12.3 Å². The van der Waals surface area contributed by atoms with E-state index >= 15 is 0 Å². The van der Waals surface area contributed by atoms with Crippen LogP contribution in [0, 0.1) is 0 Å². The molecule has 1 atom stereocenters. The third-order valence-corrected chi connectivity index (χ3v) is 2.76. The van der Waals surface area contributed by atoms with Gasteiger partial charge < -0.3 is 5.32 Å². The molecule has 16 heavy (non-hydrogen) atoms. The van der Waals surface area contributed by atoms with E-state index in [0.717, 1.165) is 19.5 Å². The lowest BCUT2D eigenvalue weighted by atomic mass is 10.1. The summed E-state index contributed by atoms with van der Waals surface area (Å²) in [5.74, 6) is 0. The fourth-order valence-electron chi connectivity index (χ4n) is 2.00. The number of nitrogens with zero attached hydrogens (tertiary/aromatic N) is 2. The van der Waals surface area contributed by atoms with E-state index in [1.54, 1.807) is 0 Å².